The Hall–Kier alpha value is 1.40. The van der Waals surface area contributed by atoms with Gasteiger partial charge >= 0.3 is 6.16 Å². The molecule has 0 aromatic rings. The summed E-state index contributed by atoms with van der Waals surface area (Å²) in [4.78, 5) is 11.3. The summed E-state index contributed by atoms with van der Waals surface area (Å²) in [5.41, 5.74) is 0. The molecule has 7 heteroatoms. The Balaban J connectivity index is -0.00000220. The first-order chi connectivity index (χ1) is 10.8. The zero-order chi connectivity index (χ0) is 16.3. The molecule has 0 rings (SSSR count). The van der Waals surface area contributed by atoms with Gasteiger partial charge in [-0.2, -0.15) is 12.8 Å². The molecule has 0 atom stereocenters. The molecule has 0 aromatic carbocycles. The van der Waals surface area contributed by atoms with Gasteiger partial charge in [0.05, 0.1) is 13.2 Å². The standard InChI is InChI=1S/C17H32O5.2Y/c1-3-5-11-19-13-7-9-15-21-17(18)22-16-10-8-14-20-12-6-4-2;;/h1-16H2;;/q-2;;. The third kappa shape index (κ3) is 25.6. The van der Waals surface area contributed by atoms with Crippen LogP contribution in [0.25, 0.3) is 0 Å². The van der Waals surface area contributed by atoms with Crippen molar-refractivity contribution >= 4 is 6.16 Å². The molecule has 0 fully saturated rings. The smallest absolute Gasteiger partial charge is 0.434 e. The molecular weight excluding hydrogens is 462 g/mol. The van der Waals surface area contributed by atoms with Crippen molar-refractivity contribution in [2.75, 3.05) is 39.6 Å². The number of rotatable bonds is 16. The summed E-state index contributed by atoms with van der Waals surface area (Å²) >= 11 is 0. The van der Waals surface area contributed by atoms with Gasteiger partial charge in [0.2, 0.25) is 0 Å². The minimum atomic E-state index is -0.587. The first kappa shape index (κ1) is 30.1. The molecule has 0 heterocycles. The zero-order valence-electron chi connectivity index (χ0n) is 15.0. The molecule has 24 heavy (non-hydrogen) atoms. The molecule has 0 N–H and O–H groups in total. The van der Waals surface area contributed by atoms with Crippen LogP contribution in [0.15, 0.2) is 0 Å². The maximum atomic E-state index is 11.3. The van der Waals surface area contributed by atoms with E-state index in [9.17, 15) is 4.79 Å². The second-order valence-electron chi connectivity index (χ2n) is 5.00. The number of hydrogen-bond donors (Lipinski definition) is 0. The molecule has 0 bridgehead atoms. The van der Waals surface area contributed by atoms with Crippen molar-refractivity contribution in [3.63, 3.8) is 0 Å². The second-order valence-corrected chi connectivity index (χ2v) is 5.00. The van der Waals surface area contributed by atoms with Crippen LogP contribution in [0.2, 0.25) is 0 Å². The van der Waals surface area contributed by atoms with Gasteiger partial charge in [0.25, 0.3) is 0 Å². The monoisotopic (exact) mass is 494 g/mol. The van der Waals surface area contributed by atoms with E-state index in [1.807, 2.05) is 0 Å². The third-order valence-electron chi connectivity index (χ3n) is 2.88. The van der Waals surface area contributed by atoms with Crippen LogP contribution in [0, 0.1) is 13.8 Å². The van der Waals surface area contributed by atoms with Gasteiger partial charge in [-0.05, 0) is 25.7 Å². The number of carbonyl (C=O) groups is 1. The number of hydrogen-bond acceptors (Lipinski definition) is 5. The predicted molar refractivity (Wildman–Crippen MR) is 86.6 cm³/mol. The third-order valence-corrected chi connectivity index (χ3v) is 2.88. The van der Waals surface area contributed by atoms with E-state index in [0.717, 1.165) is 64.6 Å². The molecule has 0 aliphatic rings. The molecule has 2 radical (unpaired) electrons. The largest absolute Gasteiger partial charge is 0.508 e. The molecule has 0 aliphatic heterocycles. The van der Waals surface area contributed by atoms with Crippen molar-refractivity contribution in [2.45, 2.75) is 51.4 Å². The fourth-order valence-corrected chi connectivity index (χ4v) is 1.58. The van der Waals surface area contributed by atoms with Crippen LogP contribution >= 0.6 is 0 Å². The van der Waals surface area contributed by atoms with Crippen molar-refractivity contribution < 1.29 is 89.2 Å². The average molecular weight is 494 g/mol. The van der Waals surface area contributed by atoms with Crippen molar-refractivity contribution in [3.05, 3.63) is 13.8 Å². The molecule has 0 spiro atoms. The summed E-state index contributed by atoms with van der Waals surface area (Å²) in [6.45, 7) is 11.2. The number of ether oxygens (including phenoxy) is 4. The Morgan fingerprint density at radius 1 is 0.583 bits per heavy atom. The van der Waals surface area contributed by atoms with Gasteiger partial charge in [-0.1, -0.05) is 12.8 Å². The van der Waals surface area contributed by atoms with E-state index in [4.69, 9.17) is 18.9 Å². The summed E-state index contributed by atoms with van der Waals surface area (Å²) in [5, 5.41) is 0. The average Bonchev–Trinajstić information content (AvgIpc) is 2.52. The first-order valence-corrected chi connectivity index (χ1v) is 8.34. The molecule has 0 unspecified atom stereocenters. The Morgan fingerprint density at radius 3 is 1.29 bits per heavy atom. The first-order valence-electron chi connectivity index (χ1n) is 8.34. The maximum Gasteiger partial charge on any atom is 0.508 e. The van der Waals surface area contributed by atoms with E-state index in [0.29, 0.717) is 26.4 Å². The maximum absolute atomic E-state index is 11.3. The summed E-state index contributed by atoms with van der Waals surface area (Å²) in [7, 11) is 0. The molecule has 0 saturated heterocycles. The van der Waals surface area contributed by atoms with Crippen LogP contribution in [0.5, 0.6) is 0 Å². The van der Waals surface area contributed by atoms with Crippen LogP contribution < -0.4 is 0 Å². The Morgan fingerprint density at radius 2 is 0.917 bits per heavy atom. The van der Waals surface area contributed by atoms with E-state index in [1.54, 1.807) is 0 Å². The van der Waals surface area contributed by atoms with Gasteiger partial charge in [-0.15, -0.1) is 0 Å². The molecular formula is C17H32O5Y2-2. The van der Waals surface area contributed by atoms with Crippen molar-refractivity contribution in [1.29, 1.82) is 0 Å². The summed E-state index contributed by atoms with van der Waals surface area (Å²) < 4.78 is 20.7. The summed E-state index contributed by atoms with van der Waals surface area (Å²) in [5.74, 6) is 0. The molecule has 0 aromatic heterocycles. The Bertz CT molecular complexity index is 221. The van der Waals surface area contributed by atoms with E-state index in [1.165, 1.54) is 0 Å². The van der Waals surface area contributed by atoms with Gasteiger partial charge in [-0.3, -0.25) is 0 Å². The Kier molecular flexibility index (Phi) is 33.4. The minimum absolute atomic E-state index is 0. The van der Waals surface area contributed by atoms with Gasteiger partial charge in [-0.25, -0.2) is 4.79 Å². The van der Waals surface area contributed by atoms with Crippen molar-refractivity contribution in [1.82, 2.24) is 0 Å². The zero-order valence-corrected chi connectivity index (χ0v) is 20.7. The second kappa shape index (κ2) is 26.6. The van der Waals surface area contributed by atoms with Crippen LogP contribution in [0.1, 0.15) is 51.4 Å². The van der Waals surface area contributed by atoms with Crippen molar-refractivity contribution in [3.8, 4) is 0 Å². The summed E-state index contributed by atoms with van der Waals surface area (Å²) in [6, 6.07) is 0. The topological polar surface area (TPSA) is 54.0 Å². The molecule has 138 valence electrons. The van der Waals surface area contributed by atoms with Gasteiger partial charge < -0.3 is 32.8 Å². The predicted octanol–water partition coefficient (Wildman–Crippen LogP) is 3.96. The van der Waals surface area contributed by atoms with Crippen LogP contribution in [0.3, 0.4) is 0 Å². The minimum Gasteiger partial charge on any atom is -0.434 e. The van der Waals surface area contributed by atoms with E-state index in [2.05, 4.69) is 13.8 Å². The van der Waals surface area contributed by atoms with E-state index >= 15 is 0 Å². The van der Waals surface area contributed by atoms with E-state index in [-0.39, 0.29) is 65.4 Å². The molecule has 5 nitrogen and oxygen atoms in total. The number of unbranched alkanes of at least 4 members (excludes halogenated alkanes) is 4. The van der Waals surface area contributed by atoms with Gasteiger partial charge in [0, 0.05) is 91.8 Å². The fourth-order valence-electron chi connectivity index (χ4n) is 1.58. The van der Waals surface area contributed by atoms with Gasteiger partial charge in [0.1, 0.15) is 0 Å². The van der Waals surface area contributed by atoms with Crippen molar-refractivity contribution in [2.24, 2.45) is 0 Å². The quantitative estimate of drug-likeness (QED) is 0.185. The molecule has 0 aliphatic carbocycles. The van der Waals surface area contributed by atoms with Crippen LogP contribution in [0.4, 0.5) is 4.79 Å². The Labute approximate surface area is 198 Å². The van der Waals surface area contributed by atoms with Gasteiger partial charge in [0.15, 0.2) is 0 Å². The molecule has 0 saturated carbocycles. The fraction of sp³-hybridized carbons (Fsp3) is 0.824. The SMILES string of the molecule is [CH2-]CCCOCCCCOC(=O)OCCCCOCCC[CH2-].[Y].[Y]. The van der Waals surface area contributed by atoms with E-state index < -0.39 is 6.16 Å². The van der Waals surface area contributed by atoms with Crippen LogP contribution in [-0.4, -0.2) is 45.8 Å². The van der Waals surface area contributed by atoms with Crippen LogP contribution in [-0.2, 0) is 84.4 Å². The molecule has 0 amide bonds. The summed E-state index contributed by atoms with van der Waals surface area (Å²) in [6.07, 6.45) is 6.54. The normalized spacial score (nSPS) is 9.75. The number of carbonyl (C=O) groups excluding carboxylic acids is 1.